The number of rotatable bonds is 4. The molecular formula is C12H19N5O2. The van der Waals surface area contributed by atoms with Gasteiger partial charge in [-0.3, -0.25) is 14.7 Å². The number of carbonyl (C=O) groups is 2. The summed E-state index contributed by atoms with van der Waals surface area (Å²) in [5.41, 5.74) is 12.6. The lowest BCUT2D eigenvalue weighted by atomic mass is 10.2. The maximum absolute atomic E-state index is 12.4. The average Bonchev–Trinajstić information content (AvgIpc) is 2.97. The molecule has 0 spiro atoms. The normalized spacial score (nSPS) is 18.8. The molecule has 1 fully saturated rings. The quantitative estimate of drug-likeness (QED) is 0.711. The van der Waals surface area contributed by atoms with Gasteiger partial charge in [0, 0.05) is 6.54 Å². The zero-order chi connectivity index (χ0) is 14.0. The summed E-state index contributed by atoms with van der Waals surface area (Å²) in [5, 5.41) is 6.76. The third-order valence-corrected chi connectivity index (χ3v) is 3.43. The van der Waals surface area contributed by atoms with Gasteiger partial charge in [0.2, 0.25) is 5.91 Å². The maximum Gasteiger partial charge on any atom is 0.277 e. The Kier molecular flexibility index (Phi) is 3.73. The van der Waals surface area contributed by atoms with E-state index >= 15 is 0 Å². The lowest BCUT2D eigenvalue weighted by molar-refractivity contribution is -0.121. The van der Waals surface area contributed by atoms with Crippen molar-refractivity contribution in [1.82, 2.24) is 15.1 Å². The number of H-pyrrole nitrogens is 1. The molecule has 0 saturated carbocycles. The molecule has 0 radical (unpaired) electrons. The molecule has 0 aliphatic carbocycles. The number of anilines is 1. The number of nitrogen functional groups attached to an aromatic ring is 1. The van der Waals surface area contributed by atoms with E-state index < -0.39 is 11.9 Å². The van der Waals surface area contributed by atoms with Gasteiger partial charge in [-0.1, -0.05) is 13.3 Å². The molecule has 1 saturated heterocycles. The average molecular weight is 265 g/mol. The summed E-state index contributed by atoms with van der Waals surface area (Å²) in [6, 6.07) is -0.543. The Morgan fingerprint density at radius 3 is 2.89 bits per heavy atom. The second kappa shape index (κ2) is 5.29. The number of primary amides is 1. The molecule has 1 aromatic rings. The summed E-state index contributed by atoms with van der Waals surface area (Å²) in [4.78, 5) is 25.1. The fraction of sp³-hybridized carbons (Fsp3) is 0.583. The van der Waals surface area contributed by atoms with E-state index in [0.717, 1.165) is 25.0 Å². The number of hydrogen-bond donors (Lipinski definition) is 3. The van der Waals surface area contributed by atoms with E-state index in [0.29, 0.717) is 18.7 Å². The van der Waals surface area contributed by atoms with E-state index in [4.69, 9.17) is 11.5 Å². The summed E-state index contributed by atoms with van der Waals surface area (Å²) in [6.45, 7) is 2.53. The zero-order valence-electron chi connectivity index (χ0n) is 11.0. The Bertz CT molecular complexity index is 496. The van der Waals surface area contributed by atoms with Crippen LogP contribution in [-0.2, 0) is 11.2 Å². The van der Waals surface area contributed by atoms with Crippen LogP contribution in [0.5, 0.6) is 0 Å². The standard InChI is InChI=1S/C12H19N5O2/c1-2-4-7-9(13)10(16-15-7)12(19)17-6-3-5-8(17)11(14)18/h8H,2-6,13H2,1H3,(H2,14,18)(H,15,16). The van der Waals surface area contributed by atoms with Gasteiger partial charge in [-0.05, 0) is 19.3 Å². The SMILES string of the molecule is CCCc1[nH]nc(C(=O)N2CCCC2C(N)=O)c1N. The van der Waals surface area contributed by atoms with Gasteiger partial charge in [0.05, 0.1) is 11.4 Å². The number of aromatic amines is 1. The third-order valence-electron chi connectivity index (χ3n) is 3.43. The predicted molar refractivity (Wildman–Crippen MR) is 70.2 cm³/mol. The fourth-order valence-corrected chi connectivity index (χ4v) is 2.43. The summed E-state index contributed by atoms with van der Waals surface area (Å²) < 4.78 is 0. The number of amides is 2. The van der Waals surface area contributed by atoms with Gasteiger partial charge in [-0.2, -0.15) is 5.10 Å². The maximum atomic E-state index is 12.4. The van der Waals surface area contributed by atoms with Crippen molar-refractivity contribution >= 4 is 17.5 Å². The Labute approximate surface area is 111 Å². The molecular weight excluding hydrogens is 246 g/mol. The number of carbonyl (C=O) groups excluding carboxylic acids is 2. The molecule has 0 bridgehead atoms. The second-order valence-corrected chi connectivity index (χ2v) is 4.77. The predicted octanol–water partition coefficient (Wildman–Crippen LogP) is 0.0343. The molecule has 19 heavy (non-hydrogen) atoms. The Hall–Kier alpha value is -2.05. The highest BCUT2D eigenvalue weighted by Crippen LogP contribution is 2.23. The molecule has 1 atom stereocenters. The van der Waals surface area contributed by atoms with Crippen LogP contribution in [0.25, 0.3) is 0 Å². The van der Waals surface area contributed by atoms with Crippen LogP contribution in [0.4, 0.5) is 5.69 Å². The molecule has 104 valence electrons. The van der Waals surface area contributed by atoms with Crippen LogP contribution in [0.15, 0.2) is 0 Å². The molecule has 1 aliphatic heterocycles. The molecule has 2 heterocycles. The van der Waals surface area contributed by atoms with Crippen molar-refractivity contribution in [3.63, 3.8) is 0 Å². The summed E-state index contributed by atoms with van der Waals surface area (Å²) in [7, 11) is 0. The largest absolute Gasteiger partial charge is 0.395 e. The number of likely N-dealkylation sites (tertiary alicyclic amines) is 1. The number of nitrogens with zero attached hydrogens (tertiary/aromatic N) is 2. The van der Waals surface area contributed by atoms with Gasteiger partial charge in [0.15, 0.2) is 5.69 Å². The van der Waals surface area contributed by atoms with E-state index in [9.17, 15) is 9.59 Å². The van der Waals surface area contributed by atoms with Crippen LogP contribution in [0.1, 0.15) is 42.4 Å². The van der Waals surface area contributed by atoms with Gasteiger partial charge in [-0.25, -0.2) is 0 Å². The van der Waals surface area contributed by atoms with E-state index in [1.54, 1.807) is 0 Å². The van der Waals surface area contributed by atoms with Gasteiger partial charge < -0.3 is 16.4 Å². The first-order valence-corrected chi connectivity index (χ1v) is 6.49. The molecule has 1 aliphatic rings. The second-order valence-electron chi connectivity index (χ2n) is 4.77. The van der Waals surface area contributed by atoms with Crippen molar-refractivity contribution in [2.24, 2.45) is 5.73 Å². The lowest BCUT2D eigenvalue weighted by Crippen LogP contribution is -2.44. The van der Waals surface area contributed by atoms with Crippen molar-refractivity contribution < 1.29 is 9.59 Å². The minimum Gasteiger partial charge on any atom is -0.395 e. The van der Waals surface area contributed by atoms with Crippen molar-refractivity contribution in [1.29, 1.82) is 0 Å². The van der Waals surface area contributed by atoms with Crippen LogP contribution < -0.4 is 11.5 Å². The Morgan fingerprint density at radius 1 is 1.53 bits per heavy atom. The first kappa shape index (κ1) is 13.4. The molecule has 0 aromatic carbocycles. The van der Waals surface area contributed by atoms with E-state index in [-0.39, 0.29) is 11.6 Å². The van der Waals surface area contributed by atoms with Crippen LogP contribution in [0.2, 0.25) is 0 Å². The van der Waals surface area contributed by atoms with Crippen molar-refractivity contribution in [3.05, 3.63) is 11.4 Å². The summed E-state index contributed by atoms with van der Waals surface area (Å²) in [5.74, 6) is -0.800. The van der Waals surface area contributed by atoms with Gasteiger partial charge in [-0.15, -0.1) is 0 Å². The van der Waals surface area contributed by atoms with Gasteiger partial charge in [0.1, 0.15) is 6.04 Å². The first-order chi connectivity index (χ1) is 9.06. The molecule has 5 N–H and O–H groups in total. The third kappa shape index (κ3) is 2.40. The highest BCUT2D eigenvalue weighted by molar-refractivity contribution is 6.00. The van der Waals surface area contributed by atoms with Gasteiger partial charge in [0.25, 0.3) is 5.91 Å². The van der Waals surface area contributed by atoms with Crippen LogP contribution >= 0.6 is 0 Å². The van der Waals surface area contributed by atoms with Crippen LogP contribution in [0.3, 0.4) is 0 Å². The molecule has 7 heteroatoms. The lowest BCUT2D eigenvalue weighted by Gasteiger charge is -2.21. The minimum atomic E-state index is -0.543. The molecule has 2 rings (SSSR count). The molecule has 2 amide bonds. The minimum absolute atomic E-state index is 0.191. The van der Waals surface area contributed by atoms with Crippen molar-refractivity contribution in [2.75, 3.05) is 12.3 Å². The molecule has 1 aromatic heterocycles. The molecule has 7 nitrogen and oxygen atoms in total. The van der Waals surface area contributed by atoms with Gasteiger partial charge >= 0.3 is 0 Å². The summed E-state index contributed by atoms with van der Waals surface area (Å²) in [6.07, 6.45) is 3.03. The highest BCUT2D eigenvalue weighted by Gasteiger charge is 2.35. The number of aromatic nitrogens is 2. The topological polar surface area (TPSA) is 118 Å². The fourth-order valence-electron chi connectivity index (χ4n) is 2.43. The van der Waals surface area contributed by atoms with Crippen LogP contribution in [0, 0.1) is 0 Å². The van der Waals surface area contributed by atoms with E-state index in [1.165, 1.54) is 4.90 Å². The number of nitrogens with one attached hydrogen (secondary N) is 1. The summed E-state index contributed by atoms with van der Waals surface area (Å²) >= 11 is 0. The number of nitrogens with two attached hydrogens (primary N) is 2. The van der Waals surface area contributed by atoms with Crippen molar-refractivity contribution in [2.45, 2.75) is 38.6 Å². The Morgan fingerprint density at radius 2 is 2.26 bits per heavy atom. The monoisotopic (exact) mass is 265 g/mol. The number of hydrogen-bond acceptors (Lipinski definition) is 4. The Balaban J connectivity index is 2.22. The number of aryl methyl sites for hydroxylation is 1. The molecule has 1 unspecified atom stereocenters. The van der Waals surface area contributed by atoms with Crippen LogP contribution in [-0.4, -0.2) is 39.5 Å². The first-order valence-electron chi connectivity index (χ1n) is 6.49. The highest BCUT2D eigenvalue weighted by atomic mass is 16.2. The van der Waals surface area contributed by atoms with E-state index in [2.05, 4.69) is 10.2 Å². The smallest absolute Gasteiger partial charge is 0.277 e. The van der Waals surface area contributed by atoms with Crippen molar-refractivity contribution in [3.8, 4) is 0 Å². The zero-order valence-corrected chi connectivity index (χ0v) is 11.0. The van der Waals surface area contributed by atoms with E-state index in [1.807, 2.05) is 6.92 Å².